The number of rotatable bonds is 0. The summed E-state index contributed by atoms with van der Waals surface area (Å²) in [6.07, 6.45) is 5.57. The average Bonchev–Trinajstić information content (AvgIpc) is 2.16. The fraction of sp³-hybridized carbons (Fsp3) is 0.750. The van der Waals surface area contributed by atoms with Crippen molar-refractivity contribution < 1.29 is 9.94 Å². The van der Waals surface area contributed by atoms with Crippen LogP contribution in [-0.2, 0) is 4.84 Å². The highest BCUT2D eigenvalue weighted by atomic mass is 16.7. The van der Waals surface area contributed by atoms with Crippen molar-refractivity contribution >= 4 is 0 Å². The molecule has 62 valence electrons. The Kier molecular flexibility index (Phi) is 1.71. The number of aliphatic hydroxyl groups excluding tert-OH is 1. The van der Waals surface area contributed by atoms with Gasteiger partial charge in [-0.2, -0.15) is 5.06 Å². The number of nitrogens with zero attached hydrogens (tertiary/aromatic N) is 1. The fourth-order valence-corrected chi connectivity index (χ4v) is 1.69. The van der Waals surface area contributed by atoms with Crippen LogP contribution >= 0.6 is 0 Å². The zero-order chi connectivity index (χ0) is 7.84. The number of hydrogen-bond donors (Lipinski definition) is 1. The molecule has 0 amide bonds. The highest BCUT2D eigenvalue weighted by molar-refractivity contribution is 5.04. The van der Waals surface area contributed by atoms with Crippen molar-refractivity contribution in [1.29, 1.82) is 0 Å². The molecule has 2 aliphatic heterocycles. The predicted molar refractivity (Wildman–Crippen MR) is 40.8 cm³/mol. The van der Waals surface area contributed by atoms with Gasteiger partial charge in [-0.25, -0.2) is 0 Å². The third-order valence-electron chi connectivity index (χ3n) is 2.33. The Morgan fingerprint density at radius 3 is 3.00 bits per heavy atom. The van der Waals surface area contributed by atoms with E-state index in [1.165, 1.54) is 0 Å². The largest absolute Gasteiger partial charge is 0.393 e. The van der Waals surface area contributed by atoms with Gasteiger partial charge < -0.3 is 5.11 Å². The van der Waals surface area contributed by atoms with Crippen LogP contribution < -0.4 is 0 Å². The lowest BCUT2D eigenvalue weighted by Gasteiger charge is -2.27. The highest BCUT2D eigenvalue weighted by Gasteiger charge is 2.30. The van der Waals surface area contributed by atoms with E-state index in [-0.39, 0.29) is 18.2 Å². The highest BCUT2D eigenvalue weighted by Crippen LogP contribution is 2.24. The van der Waals surface area contributed by atoms with Crippen LogP contribution in [0.2, 0.25) is 0 Å². The number of fused-ring (bicyclic) bond motifs is 3. The van der Waals surface area contributed by atoms with Crippen molar-refractivity contribution in [1.82, 2.24) is 5.06 Å². The average molecular weight is 155 g/mol. The third-order valence-corrected chi connectivity index (χ3v) is 2.33. The Bertz CT molecular complexity index is 179. The van der Waals surface area contributed by atoms with E-state index in [4.69, 9.17) is 4.84 Å². The van der Waals surface area contributed by atoms with Crippen molar-refractivity contribution in [2.24, 2.45) is 0 Å². The van der Waals surface area contributed by atoms with E-state index >= 15 is 0 Å². The lowest BCUT2D eigenvalue weighted by molar-refractivity contribution is -0.182. The molecule has 0 radical (unpaired) electrons. The van der Waals surface area contributed by atoms with Crippen molar-refractivity contribution in [3.8, 4) is 0 Å². The van der Waals surface area contributed by atoms with Crippen molar-refractivity contribution in [2.75, 3.05) is 7.05 Å². The minimum atomic E-state index is -0.204. The van der Waals surface area contributed by atoms with Crippen LogP contribution in [0.25, 0.3) is 0 Å². The summed E-state index contributed by atoms with van der Waals surface area (Å²) in [5.41, 5.74) is 0. The van der Waals surface area contributed by atoms with Gasteiger partial charge in [0.05, 0.1) is 18.2 Å². The molecule has 2 bridgehead atoms. The monoisotopic (exact) mass is 155 g/mol. The molecule has 3 aliphatic rings. The molecule has 3 atom stereocenters. The van der Waals surface area contributed by atoms with Crippen molar-refractivity contribution in [3.63, 3.8) is 0 Å². The lowest BCUT2D eigenvalue weighted by atomic mass is 10.1. The lowest BCUT2D eigenvalue weighted by Crippen LogP contribution is -2.34. The summed E-state index contributed by atoms with van der Waals surface area (Å²) in [6, 6.07) is 0.267. The van der Waals surface area contributed by atoms with Gasteiger partial charge in [-0.15, -0.1) is 0 Å². The summed E-state index contributed by atoms with van der Waals surface area (Å²) in [6.45, 7) is 0. The van der Waals surface area contributed by atoms with E-state index in [9.17, 15) is 5.11 Å². The van der Waals surface area contributed by atoms with Crippen LogP contribution in [0.15, 0.2) is 12.2 Å². The van der Waals surface area contributed by atoms with Crippen LogP contribution in [0.5, 0.6) is 0 Å². The molecule has 11 heavy (non-hydrogen) atoms. The van der Waals surface area contributed by atoms with Gasteiger partial charge in [0.1, 0.15) is 0 Å². The first-order valence-electron chi connectivity index (χ1n) is 4.01. The summed E-state index contributed by atoms with van der Waals surface area (Å²) in [5.74, 6) is 0. The molecule has 3 nitrogen and oxygen atoms in total. The molecule has 1 fully saturated rings. The van der Waals surface area contributed by atoms with Gasteiger partial charge in [0.15, 0.2) is 0 Å². The van der Waals surface area contributed by atoms with E-state index in [1.807, 2.05) is 18.2 Å². The summed E-state index contributed by atoms with van der Waals surface area (Å²) in [4.78, 5) is 5.47. The first-order valence-corrected chi connectivity index (χ1v) is 4.01. The van der Waals surface area contributed by atoms with Gasteiger partial charge in [0.2, 0.25) is 0 Å². The smallest absolute Gasteiger partial charge is 0.0999 e. The second kappa shape index (κ2) is 2.59. The maximum atomic E-state index is 9.44. The molecule has 0 aromatic rings. The minimum absolute atomic E-state index is 0.0914. The number of hydrogen-bond acceptors (Lipinski definition) is 3. The predicted octanol–water partition coefficient (Wildman–Crippen LogP) is 0.311. The molecule has 0 aromatic heterocycles. The van der Waals surface area contributed by atoms with Gasteiger partial charge in [-0.3, -0.25) is 4.84 Å². The van der Waals surface area contributed by atoms with Gasteiger partial charge in [0.25, 0.3) is 0 Å². The summed E-state index contributed by atoms with van der Waals surface area (Å²) in [7, 11) is 1.92. The first-order chi connectivity index (χ1) is 5.25. The maximum absolute atomic E-state index is 9.44. The van der Waals surface area contributed by atoms with Crippen molar-refractivity contribution in [2.45, 2.75) is 31.1 Å². The standard InChI is InChI=1S/C8H13NO2/c1-9-6-2-3-8(11-9)5-7(10)4-6/h2-3,6-8,10H,4-5H2,1H3/t6-,7+,8+/m0/s1. The second-order valence-electron chi connectivity index (χ2n) is 3.27. The van der Waals surface area contributed by atoms with Crippen LogP contribution in [0.4, 0.5) is 0 Å². The molecular formula is C8H13NO2. The van der Waals surface area contributed by atoms with Crippen LogP contribution in [0.3, 0.4) is 0 Å². The van der Waals surface area contributed by atoms with Gasteiger partial charge in [-0.05, 0) is 6.42 Å². The SMILES string of the molecule is CN1O[C@@H]2C=C[C@H]1C[C@@H](O)C2. The maximum Gasteiger partial charge on any atom is 0.0999 e. The Balaban J connectivity index is 2.18. The van der Waals surface area contributed by atoms with Gasteiger partial charge in [0, 0.05) is 13.5 Å². The molecule has 2 heterocycles. The zero-order valence-electron chi connectivity index (χ0n) is 6.60. The molecule has 0 aromatic carbocycles. The molecule has 3 heteroatoms. The minimum Gasteiger partial charge on any atom is -0.393 e. The van der Waals surface area contributed by atoms with E-state index in [0.29, 0.717) is 0 Å². The zero-order valence-corrected chi connectivity index (χ0v) is 6.60. The Labute approximate surface area is 66.2 Å². The molecule has 1 saturated heterocycles. The van der Waals surface area contributed by atoms with E-state index in [1.54, 1.807) is 0 Å². The normalized spacial score (nSPS) is 44.4. The molecular weight excluding hydrogens is 142 g/mol. The van der Waals surface area contributed by atoms with Crippen LogP contribution in [0.1, 0.15) is 12.8 Å². The van der Waals surface area contributed by atoms with Gasteiger partial charge >= 0.3 is 0 Å². The Morgan fingerprint density at radius 1 is 1.45 bits per heavy atom. The van der Waals surface area contributed by atoms with E-state index < -0.39 is 0 Å². The van der Waals surface area contributed by atoms with Crippen LogP contribution in [0, 0.1) is 0 Å². The Hall–Kier alpha value is -0.380. The molecule has 1 aliphatic carbocycles. The number of likely N-dealkylation sites (N-methyl/N-ethyl adjacent to an activating group) is 1. The van der Waals surface area contributed by atoms with Crippen LogP contribution in [-0.4, -0.2) is 35.5 Å². The second-order valence-corrected chi connectivity index (χ2v) is 3.27. The van der Waals surface area contributed by atoms with Gasteiger partial charge in [-0.1, -0.05) is 12.2 Å². The molecule has 0 spiro atoms. The number of hydroxylamine groups is 2. The Morgan fingerprint density at radius 2 is 2.27 bits per heavy atom. The van der Waals surface area contributed by atoms with E-state index in [2.05, 4.69) is 6.08 Å². The fourth-order valence-electron chi connectivity index (χ4n) is 1.69. The van der Waals surface area contributed by atoms with Crippen molar-refractivity contribution in [3.05, 3.63) is 12.2 Å². The molecule has 1 N–H and O–H groups in total. The molecule has 0 saturated carbocycles. The quantitative estimate of drug-likeness (QED) is 0.511. The summed E-state index contributed by atoms with van der Waals surface area (Å²) < 4.78 is 0. The third kappa shape index (κ3) is 1.31. The summed E-state index contributed by atoms with van der Waals surface area (Å²) >= 11 is 0. The molecule has 3 rings (SSSR count). The topological polar surface area (TPSA) is 32.7 Å². The number of aliphatic hydroxyl groups is 1. The van der Waals surface area contributed by atoms with E-state index in [0.717, 1.165) is 12.8 Å². The first kappa shape index (κ1) is 7.28. The molecule has 0 unspecified atom stereocenters. The summed E-state index contributed by atoms with van der Waals surface area (Å²) in [5, 5.41) is 11.3.